The van der Waals surface area contributed by atoms with Crippen LogP contribution in [0.25, 0.3) is 16.5 Å². The van der Waals surface area contributed by atoms with Crippen molar-refractivity contribution in [2.45, 2.75) is 45.6 Å². The summed E-state index contributed by atoms with van der Waals surface area (Å²) in [6.07, 6.45) is 6.84. The fourth-order valence-corrected chi connectivity index (χ4v) is 4.44. The number of rotatable bonds is 5. The minimum absolute atomic E-state index is 0.278. The zero-order valence-electron chi connectivity index (χ0n) is 15.7. The van der Waals surface area contributed by atoms with E-state index in [0.717, 1.165) is 59.3 Å². The number of hydrogen-bond acceptors (Lipinski definition) is 1. The molecule has 1 heterocycles. The number of nitrogens with zero attached hydrogens (tertiary/aromatic N) is 1. The van der Waals surface area contributed by atoms with E-state index in [2.05, 4.69) is 41.1 Å². The molecule has 0 saturated carbocycles. The number of aromatic nitrogens is 1. The molecule has 0 amide bonds. The first kappa shape index (κ1) is 18.1. The van der Waals surface area contributed by atoms with Crippen molar-refractivity contribution in [3.05, 3.63) is 76.5 Å². The van der Waals surface area contributed by atoms with Gasteiger partial charge in [0.2, 0.25) is 0 Å². The van der Waals surface area contributed by atoms with Crippen molar-refractivity contribution >= 4 is 33.9 Å². The summed E-state index contributed by atoms with van der Waals surface area (Å²) >= 11 is 6.64. The first-order valence-corrected chi connectivity index (χ1v) is 10.1. The number of carbonyl (C=O) groups excluding carboxylic acids is 1. The lowest BCUT2D eigenvalue weighted by molar-refractivity contribution is -0.115. The van der Waals surface area contributed by atoms with Gasteiger partial charge in [0, 0.05) is 30.1 Å². The Kier molecular flexibility index (Phi) is 5.18. The van der Waals surface area contributed by atoms with Crippen LogP contribution in [0.5, 0.6) is 0 Å². The molecule has 2 aromatic carbocycles. The zero-order valence-corrected chi connectivity index (χ0v) is 16.4. The van der Waals surface area contributed by atoms with Crippen LogP contribution in [0.3, 0.4) is 0 Å². The molecule has 3 heteroatoms. The average Bonchev–Trinajstić information content (AvgIpc) is 3.08. The summed E-state index contributed by atoms with van der Waals surface area (Å²) in [5.41, 5.74) is 5.75. The lowest BCUT2D eigenvalue weighted by Crippen LogP contribution is -2.08. The molecule has 4 rings (SSSR count). The summed E-state index contributed by atoms with van der Waals surface area (Å²) < 4.78 is 2.27. The van der Waals surface area contributed by atoms with Crippen molar-refractivity contribution < 1.29 is 4.79 Å². The summed E-state index contributed by atoms with van der Waals surface area (Å²) in [6, 6.07) is 16.5. The molecule has 0 spiro atoms. The van der Waals surface area contributed by atoms with Crippen LogP contribution in [0.2, 0.25) is 5.02 Å². The molecule has 1 aliphatic carbocycles. The number of halogens is 1. The van der Waals surface area contributed by atoms with E-state index < -0.39 is 0 Å². The smallest absolute Gasteiger partial charge is 0.158 e. The van der Waals surface area contributed by atoms with Gasteiger partial charge >= 0.3 is 0 Å². The third kappa shape index (κ3) is 3.46. The number of fused-ring (bicyclic) bond motifs is 1. The van der Waals surface area contributed by atoms with Crippen LogP contribution in [0.1, 0.15) is 50.2 Å². The number of allylic oxidation sites excluding steroid dienone is 2. The van der Waals surface area contributed by atoms with Crippen molar-refractivity contribution in [3.8, 4) is 0 Å². The molecule has 0 radical (unpaired) electrons. The molecular weight excluding hydrogens is 354 g/mol. The molecule has 0 saturated heterocycles. The fraction of sp³-hybridized carbons (Fsp3) is 0.292. The second-order valence-corrected chi connectivity index (χ2v) is 7.64. The van der Waals surface area contributed by atoms with Crippen LogP contribution in [0, 0.1) is 0 Å². The minimum atomic E-state index is 0.278. The first-order valence-electron chi connectivity index (χ1n) is 9.76. The highest BCUT2D eigenvalue weighted by Crippen LogP contribution is 2.40. The quantitative estimate of drug-likeness (QED) is 0.487. The van der Waals surface area contributed by atoms with Gasteiger partial charge in [-0.25, -0.2) is 0 Å². The van der Waals surface area contributed by atoms with Gasteiger partial charge < -0.3 is 4.57 Å². The highest BCUT2D eigenvalue weighted by atomic mass is 35.5. The summed E-state index contributed by atoms with van der Waals surface area (Å²) in [7, 11) is 0. The number of carbonyl (C=O) groups is 1. The van der Waals surface area contributed by atoms with Crippen molar-refractivity contribution in [3.63, 3.8) is 0 Å². The topological polar surface area (TPSA) is 22.0 Å². The highest BCUT2D eigenvalue weighted by molar-refractivity contribution is 6.36. The molecule has 27 heavy (non-hydrogen) atoms. The van der Waals surface area contributed by atoms with Crippen LogP contribution in [0.15, 0.2) is 60.3 Å². The predicted molar refractivity (Wildman–Crippen MR) is 113 cm³/mol. The molecule has 0 atom stereocenters. The Morgan fingerprint density at radius 1 is 1.04 bits per heavy atom. The molecule has 1 aromatic heterocycles. The molecule has 0 fully saturated rings. The second-order valence-electron chi connectivity index (χ2n) is 7.23. The van der Waals surface area contributed by atoms with Crippen LogP contribution in [-0.2, 0) is 11.3 Å². The van der Waals surface area contributed by atoms with Gasteiger partial charge in [-0.15, -0.1) is 0 Å². The fourth-order valence-electron chi connectivity index (χ4n) is 4.17. The van der Waals surface area contributed by atoms with E-state index in [1.54, 1.807) is 0 Å². The standard InChI is InChI=1S/C24H24ClNO/c1-2-23(27)19-12-7-6-11-18(19)20-16-26(15-17-9-4-3-5-10-17)22-14-8-13-21(25)24(20)22/h3-5,8-10,13-14,16H,2,6-7,11-12,15H2,1H3. The Hall–Kier alpha value is -2.32. The summed E-state index contributed by atoms with van der Waals surface area (Å²) in [4.78, 5) is 12.6. The van der Waals surface area contributed by atoms with Gasteiger partial charge in [-0.1, -0.05) is 54.9 Å². The van der Waals surface area contributed by atoms with Gasteiger partial charge in [0.25, 0.3) is 0 Å². The van der Waals surface area contributed by atoms with Gasteiger partial charge in [-0.2, -0.15) is 0 Å². The van der Waals surface area contributed by atoms with Gasteiger partial charge in [0.05, 0.1) is 10.5 Å². The molecule has 2 nitrogen and oxygen atoms in total. The maximum Gasteiger partial charge on any atom is 0.158 e. The number of benzene rings is 2. The predicted octanol–water partition coefficient (Wildman–Crippen LogP) is 6.65. The maximum atomic E-state index is 12.6. The molecule has 0 aliphatic heterocycles. The van der Waals surface area contributed by atoms with Crippen molar-refractivity contribution in [1.82, 2.24) is 4.57 Å². The Morgan fingerprint density at radius 2 is 1.81 bits per heavy atom. The van der Waals surface area contributed by atoms with E-state index in [1.807, 2.05) is 25.1 Å². The van der Waals surface area contributed by atoms with Crippen molar-refractivity contribution in [1.29, 1.82) is 0 Å². The van der Waals surface area contributed by atoms with Crippen LogP contribution >= 0.6 is 11.6 Å². The van der Waals surface area contributed by atoms with Crippen LogP contribution in [0.4, 0.5) is 0 Å². The number of ketones is 1. The Morgan fingerprint density at radius 3 is 2.59 bits per heavy atom. The third-order valence-electron chi connectivity index (χ3n) is 5.50. The zero-order chi connectivity index (χ0) is 18.8. The van der Waals surface area contributed by atoms with Crippen LogP contribution in [-0.4, -0.2) is 10.4 Å². The summed E-state index contributed by atoms with van der Waals surface area (Å²) in [6.45, 7) is 2.75. The van der Waals surface area contributed by atoms with E-state index in [1.165, 1.54) is 11.1 Å². The van der Waals surface area contributed by atoms with E-state index in [9.17, 15) is 4.79 Å². The highest BCUT2D eigenvalue weighted by Gasteiger charge is 2.23. The van der Waals surface area contributed by atoms with Gasteiger partial charge in [-0.3, -0.25) is 4.79 Å². The maximum absolute atomic E-state index is 12.6. The van der Waals surface area contributed by atoms with E-state index in [0.29, 0.717) is 6.42 Å². The van der Waals surface area contributed by atoms with E-state index in [-0.39, 0.29) is 5.78 Å². The Balaban J connectivity index is 1.90. The largest absolute Gasteiger partial charge is 0.342 e. The molecule has 138 valence electrons. The molecule has 0 bridgehead atoms. The van der Waals surface area contributed by atoms with Crippen molar-refractivity contribution in [2.75, 3.05) is 0 Å². The average molecular weight is 378 g/mol. The SMILES string of the molecule is CCC(=O)C1=C(c2cn(Cc3ccccc3)c3cccc(Cl)c23)CCCC1. The van der Waals surface area contributed by atoms with Crippen molar-refractivity contribution in [2.24, 2.45) is 0 Å². The normalized spacial score (nSPS) is 14.7. The van der Waals surface area contributed by atoms with Crippen LogP contribution < -0.4 is 0 Å². The first-order chi connectivity index (χ1) is 13.2. The Labute approximate surface area is 165 Å². The van der Waals surface area contributed by atoms with E-state index in [4.69, 9.17) is 11.6 Å². The van der Waals surface area contributed by atoms with Gasteiger partial charge in [-0.05, 0) is 54.5 Å². The lowest BCUT2D eigenvalue weighted by Gasteiger charge is -2.19. The molecular formula is C24H24ClNO. The van der Waals surface area contributed by atoms with Gasteiger partial charge in [0.15, 0.2) is 5.78 Å². The number of Topliss-reactive ketones (excluding diaryl/α,β-unsaturated/α-hetero) is 1. The molecule has 0 unspecified atom stereocenters. The molecule has 1 aliphatic rings. The molecule has 3 aromatic rings. The van der Waals surface area contributed by atoms with E-state index >= 15 is 0 Å². The number of hydrogen-bond donors (Lipinski definition) is 0. The van der Waals surface area contributed by atoms with Gasteiger partial charge in [0.1, 0.15) is 0 Å². The summed E-state index contributed by atoms with van der Waals surface area (Å²) in [5.74, 6) is 0.278. The monoisotopic (exact) mass is 377 g/mol. The summed E-state index contributed by atoms with van der Waals surface area (Å²) in [5, 5.41) is 1.84. The second kappa shape index (κ2) is 7.74. The third-order valence-corrected chi connectivity index (χ3v) is 5.82. The minimum Gasteiger partial charge on any atom is -0.342 e. The molecule has 0 N–H and O–H groups in total. The Bertz CT molecular complexity index is 1010. The lowest BCUT2D eigenvalue weighted by atomic mass is 9.85.